The molecule has 0 radical (unpaired) electrons. The van der Waals surface area contributed by atoms with E-state index in [2.05, 4.69) is 5.10 Å². The number of nitrogens with two attached hydrogens (primary N) is 1. The Hall–Kier alpha value is -0.870. The number of aliphatic hydroxyl groups is 1. The summed E-state index contributed by atoms with van der Waals surface area (Å²) in [5.41, 5.74) is 7.36. The second-order valence-electron chi connectivity index (χ2n) is 2.43. The van der Waals surface area contributed by atoms with Gasteiger partial charge in [-0.1, -0.05) is 0 Å². The number of hydrogen-bond acceptors (Lipinski definition) is 3. The Bertz CT molecular complexity index is 232. The summed E-state index contributed by atoms with van der Waals surface area (Å²) in [6.45, 7) is 3.02. The smallest absolute Gasteiger partial charge is 0.0644 e. The first kappa shape index (κ1) is 8.23. The molecular formula is C7H13N3O. The fourth-order valence-electron chi connectivity index (χ4n) is 1.05. The van der Waals surface area contributed by atoms with Gasteiger partial charge in [0.05, 0.1) is 24.5 Å². The van der Waals surface area contributed by atoms with Crippen LogP contribution in [0.2, 0.25) is 0 Å². The molecule has 0 aliphatic carbocycles. The third-order valence-electron chi connectivity index (χ3n) is 1.51. The third kappa shape index (κ3) is 1.78. The molecule has 4 nitrogen and oxygen atoms in total. The fourth-order valence-corrected chi connectivity index (χ4v) is 1.05. The summed E-state index contributed by atoms with van der Waals surface area (Å²) in [4.78, 5) is 0. The van der Waals surface area contributed by atoms with E-state index < -0.39 is 0 Å². The van der Waals surface area contributed by atoms with E-state index in [0.717, 1.165) is 11.4 Å². The van der Waals surface area contributed by atoms with Crippen LogP contribution in [0, 0.1) is 6.92 Å². The molecule has 3 N–H and O–H groups in total. The fraction of sp³-hybridized carbons (Fsp3) is 0.571. The second kappa shape index (κ2) is 3.50. The predicted molar refractivity (Wildman–Crippen MR) is 41.9 cm³/mol. The van der Waals surface area contributed by atoms with Crippen LogP contribution in [-0.4, -0.2) is 21.5 Å². The average molecular weight is 155 g/mol. The van der Waals surface area contributed by atoms with Crippen LogP contribution in [0.4, 0.5) is 0 Å². The van der Waals surface area contributed by atoms with Crippen LogP contribution in [0.25, 0.3) is 0 Å². The van der Waals surface area contributed by atoms with Gasteiger partial charge in [0.2, 0.25) is 0 Å². The number of aliphatic hydroxyl groups excluding tert-OH is 1. The number of nitrogens with zero attached hydrogens (tertiary/aromatic N) is 2. The third-order valence-corrected chi connectivity index (χ3v) is 1.51. The Labute approximate surface area is 65.6 Å². The van der Waals surface area contributed by atoms with Crippen LogP contribution in [0.3, 0.4) is 0 Å². The van der Waals surface area contributed by atoms with Crippen LogP contribution in [0.1, 0.15) is 11.4 Å². The topological polar surface area (TPSA) is 64.1 Å². The van der Waals surface area contributed by atoms with Crippen molar-refractivity contribution in [3.05, 3.63) is 17.5 Å². The van der Waals surface area contributed by atoms with E-state index in [1.54, 1.807) is 4.68 Å². The van der Waals surface area contributed by atoms with Gasteiger partial charge in [0.15, 0.2) is 0 Å². The maximum Gasteiger partial charge on any atom is 0.0644 e. The summed E-state index contributed by atoms with van der Waals surface area (Å²) >= 11 is 0. The minimum Gasteiger partial charge on any atom is -0.394 e. The van der Waals surface area contributed by atoms with Crippen LogP contribution in [-0.2, 0) is 13.1 Å². The van der Waals surface area contributed by atoms with Gasteiger partial charge in [-0.05, 0) is 13.0 Å². The van der Waals surface area contributed by atoms with E-state index in [4.69, 9.17) is 10.8 Å². The maximum atomic E-state index is 8.65. The Kier molecular flexibility index (Phi) is 2.62. The van der Waals surface area contributed by atoms with Crippen molar-refractivity contribution in [3.8, 4) is 0 Å². The van der Waals surface area contributed by atoms with E-state index in [-0.39, 0.29) is 6.61 Å². The Morgan fingerprint density at radius 1 is 1.73 bits per heavy atom. The molecule has 0 saturated heterocycles. The van der Waals surface area contributed by atoms with Gasteiger partial charge in [-0.15, -0.1) is 0 Å². The lowest BCUT2D eigenvalue weighted by Crippen LogP contribution is -2.10. The highest BCUT2D eigenvalue weighted by Gasteiger charge is 2.01. The van der Waals surface area contributed by atoms with E-state index in [1.807, 2.05) is 13.0 Å². The molecule has 0 fully saturated rings. The molecule has 0 aliphatic rings. The SMILES string of the molecule is Cc1cc(CN)n(CCO)n1. The Balaban J connectivity index is 2.83. The van der Waals surface area contributed by atoms with Gasteiger partial charge in [-0.2, -0.15) is 5.10 Å². The molecule has 1 aromatic rings. The molecule has 11 heavy (non-hydrogen) atoms. The molecule has 4 heteroatoms. The highest BCUT2D eigenvalue weighted by Crippen LogP contribution is 2.01. The van der Waals surface area contributed by atoms with Gasteiger partial charge in [0.1, 0.15) is 0 Å². The molecule has 0 aliphatic heterocycles. The van der Waals surface area contributed by atoms with Gasteiger partial charge in [0.25, 0.3) is 0 Å². The molecule has 0 amide bonds. The van der Waals surface area contributed by atoms with Crippen molar-refractivity contribution in [3.63, 3.8) is 0 Å². The first-order chi connectivity index (χ1) is 5.27. The van der Waals surface area contributed by atoms with Crippen molar-refractivity contribution in [2.75, 3.05) is 6.61 Å². The quantitative estimate of drug-likeness (QED) is 0.626. The normalized spacial score (nSPS) is 10.5. The lowest BCUT2D eigenvalue weighted by atomic mass is 10.4. The lowest BCUT2D eigenvalue weighted by Gasteiger charge is -2.01. The van der Waals surface area contributed by atoms with E-state index in [1.165, 1.54) is 0 Å². The Morgan fingerprint density at radius 3 is 3.00 bits per heavy atom. The highest BCUT2D eigenvalue weighted by atomic mass is 16.3. The highest BCUT2D eigenvalue weighted by molar-refractivity contribution is 5.08. The van der Waals surface area contributed by atoms with Crippen molar-refractivity contribution in [2.24, 2.45) is 5.73 Å². The zero-order chi connectivity index (χ0) is 8.27. The molecule has 0 aromatic carbocycles. The zero-order valence-electron chi connectivity index (χ0n) is 6.62. The molecule has 0 atom stereocenters. The van der Waals surface area contributed by atoms with Crippen LogP contribution < -0.4 is 5.73 Å². The van der Waals surface area contributed by atoms with Gasteiger partial charge >= 0.3 is 0 Å². The summed E-state index contributed by atoms with van der Waals surface area (Å²) in [6.07, 6.45) is 0. The summed E-state index contributed by atoms with van der Waals surface area (Å²) in [7, 11) is 0. The summed E-state index contributed by atoms with van der Waals surface area (Å²) in [5, 5.41) is 12.8. The molecule has 1 heterocycles. The summed E-state index contributed by atoms with van der Waals surface area (Å²) in [6, 6.07) is 1.93. The molecule has 1 aromatic heterocycles. The molecule has 0 unspecified atom stereocenters. The van der Waals surface area contributed by atoms with E-state index in [0.29, 0.717) is 13.1 Å². The van der Waals surface area contributed by atoms with Crippen molar-refractivity contribution >= 4 is 0 Å². The minimum atomic E-state index is 0.105. The zero-order valence-corrected chi connectivity index (χ0v) is 6.62. The Morgan fingerprint density at radius 2 is 2.45 bits per heavy atom. The molecule has 0 saturated carbocycles. The van der Waals surface area contributed by atoms with Crippen molar-refractivity contribution in [1.29, 1.82) is 0 Å². The summed E-state index contributed by atoms with van der Waals surface area (Å²) in [5.74, 6) is 0. The second-order valence-corrected chi connectivity index (χ2v) is 2.43. The van der Waals surface area contributed by atoms with Crippen molar-refractivity contribution in [1.82, 2.24) is 9.78 Å². The van der Waals surface area contributed by atoms with Crippen LogP contribution in [0.5, 0.6) is 0 Å². The van der Waals surface area contributed by atoms with Gasteiger partial charge in [-0.3, -0.25) is 4.68 Å². The lowest BCUT2D eigenvalue weighted by molar-refractivity contribution is 0.267. The molecule has 62 valence electrons. The first-order valence-electron chi connectivity index (χ1n) is 3.62. The number of hydrogen-bond donors (Lipinski definition) is 2. The van der Waals surface area contributed by atoms with Crippen molar-refractivity contribution < 1.29 is 5.11 Å². The largest absolute Gasteiger partial charge is 0.394 e. The van der Waals surface area contributed by atoms with E-state index >= 15 is 0 Å². The average Bonchev–Trinajstić information content (AvgIpc) is 2.32. The summed E-state index contributed by atoms with van der Waals surface area (Å²) < 4.78 is 1.73. The molecule has 1 rings (SSSR count). The standard InChI is InChI=1S/C7H13N3O/c1-6-4-7(5-8)10(9-6)2-3-11/h4,11H,2-3,5,8H2,1H3. The number of aryl methyl sites for hydroxylation is 1. The minimum absolute atomic E-state index is 0.105. The van der Waals surface area contributed by atoms with E-state index in [9.17, 15) is 0 Å². The number of aromatic nitrogens is 2. The van der Waals surface area contributed by atoms with Crippen LogP contribution in [0.15, 0.2) is 6.07 Å². The number of rotatable bonds is 3. The van der Waals surface area contributed by atoms with Gasteiger partial charge in [0, 0.05) is 6.54 Å². The molecule has 0 bridgehead atoms. The molecule has 0 spiro atoms. The maximum absolute atomic E-state index is 8.65. The molecular weight excluding hydrogens is 142 g/mol. The predicted octanol–water partition coefficient (Wildman–Crippen LogP) is -0.357. The monoisotopic (exact) mass is 155 g/mol. The first-order valence-corrected chi connectivity index (χ1v) is 3.62. The van der Waals surface area contributed by atoms with Gasteiger partial charge < -0.3 is 10.8 Å². The van der Waals surface area contributed by atoms with Crippen molar-refractivity contribution in [2.45, 2.75) is 20.0 Å². The van der Waals surface area contributed by atoms with Gasteiger partial charge in [-0.25, -0.2) is 0 Å². The van der Waals surface area contributed by atoms with Crippen LogP contribution >= 0.6 is 0 Å².